The zero-order valence-electron chi connectivity index (χ0n) is 73.2. The van der Waals surface area contributed by atoms with Gasteiger partial charge in [-0.1, -0.05) is 340 Å². The number of nitrogens with one attached hydrogen (secondary N) is 1. The van der Waals surface area contributed by atoms with Gasteiger partial charge in [0.2, 0.25) is 0 Å². The Hall–Kier alpha value is -18.3. The Bertz CT molecular complexity index is 9730. The number of fused-ring (bicyclic) bond motifs is 20. The Morgan fingerprint density at radius 3 is 1.22 bits per heavy atom. The van der Waals surface area contributed by atoms with Crippen LogP contribution in [0.4, 0.5) is 0 Å². The second-order valence-electron chi connectivity index (χ2n) is 35.6. The van der Waals surface area contributed by atoms with Crippen molar-refractivity contribution in [2.24, 2.45) is 9.98 Å². The van der Waals surface area contributed by atoms with Crippen LogP contribution in [0.1, 0.15) is 22.9 Å². The highest BCUT2D eigenvalue weighted by Crippen LogP contribution is 2.50. The van der Waals surface area contributed by atoms with E-state index in [-0.39, 0.29) is 0 Å². The van der Waals surface area contributed by atoms with Gasteiger partial charge < -0.3 is 23.3 Å². The van der Waals surface area contributed by atoms with E-state index in [1.54, 1.807) is 0 Å². The number of hydrogen-bond acceptors (Lipinski definition) is 8. The number of rotatable bonds is 13. The van der Waals surface area contributed by atoms with E-state index in [4.69, 9.17) is 33.8 Å². The first-order valence-corrected chi connectivity index (χ1v) is 46.3. The van der Waals surface area contributed by atoms with E-state index in [9.17, 15) is 0 Å². The fourth-order valence-corrected chi connectivity index (χ4v) is 21.8. The molecule has 0 radical (unpaired) electrons. The Morgan fingerprint density at radius 2 is 0.618 bits per heavy atom. The van der Waals surface area contributed by atoms with Crippen LogP contribution in [0.5, 0.6) is 0 Å². The summed E-state index contributed by atoms with van der Waals surface area (Å²) < 4.78 is 18.5. The summed E-state index contributed by atoms with van der Waals surface area (Å²) in [4.78, 5) is 28.4. The molecule has 6 heterocycles. The van der Waals surface area contributed by atoms with Crippen molar-refractivity contribution in [1.82, 2.24) is 29.4 Å². The molecule has 28 rings (SSSR count). The van der Waals surface area contributed by atoms with Gasteiger partial charge in [0.1, 0.15) is 34.3 Å². The lowest BCUT2D eigenvalue weighted by atomic mass is 9.92. The highest BCUT2D eigenvalue weighted by molar-refractivity contribution is 6.27. The molecule has 0 amide bonds. The highest BCUT2D eigenvalue weighted by atomic mass is 16.3. The number of nitrogens with zero attached hydrogens (tertiary/aromatic N) is 7. The van der Waals surface area contributed by atoms with Gasteiger partial charge in [0.15, 0.2) is 23.3 Å². The maximum absolute atomic E-state index is 6.78. The molecular weight excluding hydrogens is 1660 g/mol. The summed E-state index contributed by atoms with van der Waals surface area (Å²) in [5.74, 6) is 3.00. The lowest BCUT2D eigenvalue weighted by Gasteiger charge is -2.27. The van der Waals surface area contributed by atoms with E-state index in [2.05, 4.69) is 451 Å². The summed E-state index contributed by atoms with van der Waals surface area (Å²) >= 11 is 0. The molecule has 10 nitrogen and oxygen atoms in total. The summed E-state index contributed by atoms with van der Waals surface area (Å²) in [5.41, 5.74) is 25.3. The molecule has 632 valence electrons. The molecule has 1 atom stereocenters. The Balaban J connectivity index is 0.614. The standard InChI is InChI=1S/C126H76N8O2/c1-2-27-75(28-3-1)89-42-14-16-45-96(89)121-127-122(130-125(129-121)100-63-61-87(73-105(100)94-49-25-55-115-119(94)102-47-18-20-53-113(102)135-115)133-109-65-59-78-31-10-13-44-93(78)117(109)107-69-81-32-4-6-34-83(81)71-111(107)133)97-46-17-15-43-92(97)86-39-22-38-80(67-86)85-58-57-79-60-66-110-118(104(79)68-85)108-70-82-33-5-7-35-84(82)72-112(108)134(110)88-62-64-101(106(74-88)95-50-26-56-116-120(95)103-48-19-21-54-114(103)136-116)126-131-123(98-51-23-36-76-29-8-11-40-90(76)98)128-124(132-126)99-52-24-37-77-30-9-12-41-91(77)99/h1-74,122H,(H,127,129,130). The zero-order chi connectivity index (χ0) is 89.2. The molecule has 1 aliphatic rings. The van der Waals surface area contributed by atoms with Crippen LogP contribution in [0.2, 0.25) is 0 Å². The third kappa shape index (κ3) is 12.3. The first-order valence-electron chi connectivity index (χ1n) is 46.3. The number of hydrogen-bond donors (Lipinski definition) is 1. The molecule has 10 heteroatoms. The summed E-state index contributed by atoms with van der Waals surface area (Å²) in [6.07, 6.45) is -0.636. The predicted molar refractivity (Wildman–Crippen MR) is 563 cm³/mol. The molecule has 0 bridgehead atoms. The number of aromatic nitrogens is 5. The number of aliphatic imine (C=N–C) groups is 2. The summed E-state index contributed by atoms with van der Waals surface area (Å²) in [6.45, 7) is 0. The van der Waals surface area contributed by atoms with Gasteiger partial charge in [0, 0.05) is 87.8 Å². The highest BCUT2D eigenvalue weighted by Gasteiger charge is 2.31. The van der Waals surface area contributed by atoms with Crippen LogP contribution < -0.4 is 5.32 Å². The van der Waals surface area contributed by atoms with Crippen LogP contribution in [0.15, 0.2) is 468 Å². The van der Waals surface area contributed by atoms with Crippen molar-refractivity contribution in [2.75, 3.05) is 0 Å². The summed E-state index contributed by atoms with van der Waals surface area (Å²) in [7, 11) is 0. The van der Waals surface area contributed by atoms with E-state index in [0.29, 0.717) is 29.1 Å². The maximum atomic E-state index is 6.78. The second kappa shape index (κ2) is 30.7. The fourth-order valence-electron chi connectivity index (χ4n) is 21.8. The van der Waals surface area contributed by atoms with Gasteiger partial charge in [0.25, 0.3) is 0 Å². The molecule has 5 aromatic heterocycles. The lowest BCUT2D eigenvalue weighted by Crippen LogP contribution is -2.34. The maximum Gasteiger partial charge on any atom is 0.164 e. The molecular formula is C126H76N8O2. The SMILES string of the molecule is c1ccc(-c2ccccc2C2=NC(c3ccc(-n4c5cc6ccccc6cc5c5c6ccccc6ccc54)cc3-c3cccc4oc5ccccc5c34)=NC(c3ccccc3-c3cccc(-c4ccc5ccc6c(c5c4)c4cc5ccccc5cc4n6-c4ccc(-c5nc(-c6cccc7ccccc67)nc(-c6cccc7ccccc67)n5)c(-c5cccc6oc7ccccc7c56)c4)c3)N2)cc1. The van der Waals surface area contributed by atoms with Gasteiger partial charge in [-0.2, -0.15) is 0 Å². The smallest absolute Gasteiger partial charge is 0.164 e. The minimum atomic E-state index is -0.636. The molecule has 1 unspecified atom stereocenters. The van der Waals surface area contributed by atoms with Crippen LogP contribution in [0.3, 0.4) is 0 Å². The van der Waals surface area contributed by atoms with Crippen LogP contribution in [0.25, 0.3) is 253 Å². The molecule has 136 heavy (non-hydrogen) atoms. The van der Waals surface area contributed by atoms with Crippen LogP contribution in [0, 0.1) is 0 Å². The second-order valence-corrected chi connectivity index (χ2v) is 35.6. The molecule has 0 fully saturated rings. The van der Waals surface area contributed by atoms with Crippen LogP contribution >= 0.6 is 0 Å². The van der Waals surface area contributed by atoms with E-state index < -0.39 is 6.17 Å². The summed E-state index contributed by atoms with van der Waals surface area (Å²) in [6, 6.07) is 162. The molecule has 0 aliphatic carbocycles. The van der Waals surface area contributed by atoms with E-state index in [1.165, 1.54) is 32.3 Å². The summed E-state index contributed by atoms with van der Waals surface area (Å²) in [5, 5.41) is 26.4. The predicted octanol–water partition coefficient (Wildman–Crippen LogP) is 32.6. The van der Waals surface area contributed by atoms with Gasteiger partial charge in [-0.3, -0.25) is 0 Å². The lowest BCUT2D eigenvalue weighted by molar-refractivity contribution is 0.668. The minimum Gasteiger partial charge on any atom is -0.456 e. The number of furan rings is 2. The number of amidine groups is 2. The average molecular weight is 1730 g/mol. The molecule has 0 saturated carbocycles. The van der Waals surface area contributed by atoms with Crippen molar-refractivity contribution in [3.8, 4) is 101 Å². The normalized spacial score (nSPS) is 13.1. The van der Waals surface area contributed by atoms with Crippen molar-refractivity contribution in [3.63, 3.8) is 0 Å². The molecule has 0 spiro atoms. The van der Waals surface area contributed by atoms with Crippen molar-refractivity contribution >= 4 is 164 Å². The Kier molecular flexibility index (Phi) is 17.3. The monoisotopic (exact) mass is 1730 g/mol. The van der Waals surface area contributed by atoms with Crippen LogP contribution in [-0.2, 0) is 0 Å². The molecule has 1 N–H and O–H groups in total. The Labute approximate surface area is 779 Å². The minimum absolute atomic E-state index is 0.547. The van der Waals surface area contributed by atoms with E-state index >= 15 is 0 Å². The van der Waals surface area contributed by atoms with E-state index in [0.717, 1.165) is 220 Å². The molecule has 0 saturated heterocycles. The zero-order valence-corrected chi connectivity index (χ0v) is 73.2. The Morgan fingerprint density at radius 1 is 0.213 bits per heavy atom. The van der Waals surface area contributed by atoms with Crippen molar-refractivity contribution < 1.29 is 8.83 Å². The van der Waals surface area contributed by atoms with E-state index in [1.807, 2.05) is 12.1 Å². The van der Waals surface area contributed by atoms with Crippen molar-refractivity contribution in [1.29, 1.82) is 0 Å². The molecule has 27 aromatic rings. The fraction of sp³-hybridized carbons (Fsp3) is 0.00794. The largest absolute Gasteiger partial charge is 0.456 e. The third-order valence-electron chi connectivity index (χ3n) is 28.0. The van der Waals surface area contributed by atoms with Gasteiger partial charge >= 0.3 is 0 Å². The van der Waals surface area contributed by atoms with Gasteiger partial charge in [0.05, 0.1) is 22.1 Å². The van der Waals surface area contributed by atoms with Crippen LogP contribution in [-0.4, -0.2) is 35.8 Å². The molecule has 1 aliphatic heterocycles. The number of para-hydroxylation sites is 2. The van der Waals surface area contributed by atoms with Gasteiger partial charge in [-0.15, -0.1) is 0 Å². The van der Waals surface area contributed by atoms with Crippen molar-refractivity contribution in [3.05, 3.63) is 466 Å². The molecule has 22 aromatic carbocycles. The van der Waals surface area contributed by atoms with Gasteiger partial charge in [-0.25, -0.2) is 24.9 Å². The third-order valence-corrected chi connectivity index (χ3v) is 28.0. The quantitative estimate of drug-likeness (QED) is 0.123. The number of benzene rings is 22. The van der Waals surface area contributed by atoms with Gasteiger partial charge in [-0.05, 0) is 229 Å². The first kappa shape index (κ1) is 76.6. The first-order chi connectivity index (χ1) is 67.4. The topological polar surface area (TPSA) is 112 Å². The van der Waals surface area contributed by atoms with Crippen molar-refractivity contribution in [2.45, 2.75) is 6.17 Å². The average Bonchev–Trinajstić information content (AvgIpc) is 1.56.